The number of hydrogen-bond donors (Lipinski definition) is 2. The van der Waals surface area contributed by atoms with Crippen LogP contribution in [0.4, 0.5) is 5.69 Å². The number of morpholine rings is 1. The Kier molecular flexibility index (Phi) is 7.32. The second kappa shape index (κ2) is 9.50. The van der Waals surface area contributed by atoms with Crippen LogP contribution in [0.2, 0.25) is 0 Å². The summed E-state index contributed by atoms with van der Waals surface area (Å²) < 4.78 is 5.31. The van der Waals surface area contributed by atoms with Gasteiger partial charge < -0.3 is 15.8 Å². The summed E-state index contributed by atoms with van der Waals surface area (Å²) in [5, 5.41) is 2.93. The van der Waals surface area contributed by atoms with Crippen molar-refractivity contribution in [2.45, 2.75) is 6.42 Å². The molecule has 7 heteroatoms. The molecule has 0 atom stereocenters. The van der Waals surface area contributed by atoms with Gasteiger partial charge in [-0.2, -0.15) is 0 Å². The number of ether oxygens (including phenoxy) is 1. The number of aliphatic imine (C=N–C) groups is 1. The van der Waals surface area contributed by atoms with E-state index in [0.29, 0.717) is 23.6 Å². The summed E-state index contributed by atoms with van der Waals surface area (Å²) in [6.07, 6.45) is 0.904. The van der Waals surface area contributed by atoms with Gasteiger partial charge in [0.2, 0.25) is 0 Å². The Balaban J connectivity index is 1.83. The smallest absolute Gasteiger partial charge is 0.253 e. The molecule has 1 aliphatic heterocycles. The maximum Gasteiger partial charge on any atom is 0.253 e. The van der Waals surface area contributed by atoms with Crippen LogP contribution in [0.5, 0.6) is 0 Å². The molecule has 1 aromatic rings. The number of nitrogens with one attached hydrogen (secondary N) is 1. The van der Waals surface area contributed by atoms with E-state index in [-0.39, 0.29) is 11.8 Å². The van der Waals surface area contributed by atoms with Crippen LogP contribution < -0.4 is 11.1 Å². The Morgan fingerprint density at radius 1 is 1.35 bits per heavy atom. The van der Waals surface area contributed by atoms with Crippen LogP contribution in [0, 0.1) is 0 Å². The van der Waals surface area contributed by atoms with Crippen LogP contribution in [-0.2, 0) is 4.74 Å². The summed E-state index contributed by atoms with van der Waals surface area (Å²) in [7, 11) is 0. The van der Waals surface area contributed by atoms with Crippen molar-refractivity contribution >= 4 is 29.0 Å². The third kappa shape index (κ3) is 5.82. The summed E-state index contributed by atoms with van der Waals surface area (Å²) in [5.41, 5.74) is 6.69. The second-order valence-electron chi connectivity index (χ2n) is 5.32. The highest BCUT2D eigenvalue weighted by Crippen LogP contribution is 2.18. The number of nitrogens with zero attached hydrogens (tertiary/aromatic N) is 2. The van der Waals surface area contributed by atoms with Crippen LogP contribution in [0.3, 0.4) is 0 Å². The van der Waals surface area contributed by atoms with Crippen molar-refractivity contribution in [3.63, 3.8) is 0 Å². The molecule has 0 spiro atoms. The van der Waals surface area contributed by atoms with Crippen LogP contribution in [0.1, 0.15) is 16.8 Å². The Bertz CT molecular complexity index is 545. The van der Waals surface area contributed by atoms with Gasteiger partial charge in [-0.05, 0) is 25.1 Å². The first kappa shape index (κ1) is 17.7. The lowest BCUT2D eigenvalue weighted by atomic mass is 10.1. The normalized spacial score (nSPS) is 16.3. The molecule has 126 valence electrons. The number of amides is 1. The van der Waals surface area contributed by atoms with Gasteiger partial charge in [0.1, 0.15) is 5.84 Å². The maximum absolute atomic E-state index is 12.3. The van der Waals surface area contributed by atoms with E-state index >= 15 is 0 Å². The zero-order valence-corrected chi connectivity index (χ0v) is 13.9. The minimum absolute atomic E-state index is 0.134. The lowest BCUT2D eigenvalue weighted by Crippen LogP contribution is -2.38. The number of carbonyl (C=O) groups excluding carboxylic acids is 1. The SMILES string of the molecule is NC(CCl)=Nc1ccccc1C(=O)NCCCN1CCOCC1. The average Bonchev–Trinajstić information content (AvgIpc) is 2.59. The molecule has 1 heterocycles. The number of benzene rings is 1. The Labute approximate surface area is 141 Å². The summed E-state index contributed by atoms with van der Waals surface area (Å²) in [4.78, 5) is 18.8. The van der Waals surface area contributed by atoms with Crippen molar-refractivity contribution in [3.05, 3.63) is 29.8 Å². The highest BCUT2D eigenvalue weighted by atomic mass is 35.5. The van der Waals surface area contributed by atoms with Gasteiger partial charge in [0.25, 0.3) is 5.91 Å². The fraction of sp³-hybridized carbons (Fsp3) is 0.500. The van der Waals surface area contributed by atoms with E-state index in [2.05, 4.69) is 15.2 Å². The van der Waals surface area contributed by atoms with Gasteiger partial charge in [0.15, 0.2) is 0 Å². The summed E-state index contributed by atoms with van der Waals surface area (Å²) in [6, 6.07) is 7.10. The van der Waals surface area contributed by atoms with Gasteiger partial charge in [0, 0.05) is 19.6 Å². The fourth-order valence-electron chi connectivity index (χ4n) is 2.37. The third-order valence-electron chi connectivity index (χ3n) is 3.59. The van der Waals surface area contributed by atoms with Crippen molar-refractivity contribution in [2.24, 2.45) is 10.7 Å². The molecule has 1 fully saturated rings. The zero-order chi connectivity index (χ0) is 16.5. The number of amidine groups is 1. The Morgan fingerprint density at radius 3 is 2.83 bits per heavy atom. The highest BCUT2D eigenvalue weighted by Gasteiger charge is 2.12. The molecule has 1 aromatic carbocycles. The van der Waals surface area contributed by atoms with Crippen molar-refractivity contribution < 1.29 is 9.53 Å². The van der Waals surface area contributed by atoms with Crippen molar-refractivity contribution in [1.29, 1.82) is 0 Å². The van der Waals surface area contributed by atoms with Crippen molar-refractivity contribution in [3.8, 4) is 0 Å². The van der Waals surface area contributed by atoms with Gasteiger partial charge in [-0.3, -0.25) is 9.69 Å². The number of rotatable bonds is 7. The lowest BCUT2D eigenvalue weighted by molar-refractivity contribution is 0.0374. The van der Waals surface area contributed by atoms with E-state index < -0.39 is 0 Å². The van der Waals surface area contributed by atoms with E-state index in [1.165, 1.54) is 0 Å². The van der Waals surface area contributed by atoms with Gasteiger partial charge in [-0.25, -0.2) is 4.99 Å². The predicted octanol–water partition coefficient (Wildman–Crippen LogP) is 1.37. The summed E-state index contributed by atoms with van der Waals surface area (Å²) >= 11 is 5.64. The van der Waals surface area contributed by atoms with Crippen molar-refractivity contribution in [1.82, 2.24) is 10.2 Å². The summed E-state index contributed by atoms with van der Waals surface area (Å²) in [6.45, 7) is 5.09. The standard InChI is InChI=1S/C16H23ClN4O2/c17-12-15(18)20-14-5-2-1-4-13(14)16(22)19-6-3-7-21-8-10-23-11-9-21/h1-2,4-5H,3,6-12H2,(H2,18,20)(H,19,22). The first-order chi connectivity index (χ1) is 11.2. The minimum Gasteiger partial charge on any atom is -0.386 e. The van der Waals surface area contributed by atoms with E-state index in [9.17, 15) is 4.79 Å². The molecule has 23 heavy (non-hydrogen) atoms. The molecular formula is C16H23ClN4O2. The molecule has 3 N–H and O–H groups in total. The van der Waals surface area contributed by atoms with Gasteiger partial charge in [0.05, 0.1) is 30.3 Å². The molecule has 1 aliphatic rings. The molecule has 0 saturated carbocycles. The topological polar surface area (TPSA) is 79.9 Å². The van der Waals surface area contributed by atoms with E-state index in [4.69, 9.17) is 22.1 Å². The van der Waals surface area contributed by atoms with E-state index in [1.807, 2.05) is 6.07 Å². The average molecular weight is 339 g/mol. The second-order valence-corrected chi connectivity index (χ2v) is 5.58. The molecule has 2 rings (SSSR count). The van der Waals surface area contributed by atoms with Crippen LogP contribution in [0.25, 0.3) is 0 Å². The van der Waals surface area contributed by atoms with Gasteiger partial charge in [-0.15, -0.1) is 11.6 Å². The molecular weight excluding hydrogens is 316 g/mol. The number of alkyl halides is 1. The first-order valence-electron chi connectivity index (χ1n) is 7.77. The van der Waals surface area contributed by atoms with Gasteiger partial charge in [-0.1, -0.05) is 12.1 Å². The maximum atomic E-state index is 12.3. The monoisotopic (exact) mass is 338 g/mol. The summed E-state index contributed by atoms with van der Waals surface area (Å²) in [5.74, 6) is 0.281. The molecule has 0 aromatic heterocycles. The Hall–Kier alpha value is -1.63. The largest absolute Gasteiger partial charge is 0.386 e. The zero-order valence-electron chi connectivity index (χ0n) is 13.1. The molecule has 0 radical (unpaired) electrons. The van der Waals surface area contributed by atoms with Crippen LogP contribution in [-0.4, -0.2) is 61.9 Å². The molecule has 0 aliphatic carbocycles. The molecule has 1 saturated heterocycles. The lowest BCUT2D eigenvalue weighted by Gasteiger charge is -2.26. The molecule has 1 amide bonds. The van der Waals surface area contributed by atoms with E-state index in [1.54, 1.807) is 18.2 Å². The van der Waals surface area contributed by atoms with E-state index in [0.717, 1.165) is 39.3 Å². The minimum atomic E-state index is -0.145. The highest BCUT2D eigenvalue weighted by molar-refractivity contribution is 6.28. The molecule has 0 unspecified atom stereocenters. The van der Waals surface area contributed by atoms with Crippen molar-refractivity contribution in [2.75, 3.05) is 45.3 Å². The number of halogens is 1. The number of nitrogens with two attached hydrogens (primary N) is 1. The first-order valence-corrected chi connectivity index (χ1v) is 8.30. The predicted molar refractivity (Wildman–Crippen MR) is 92.7 cm³/mol. The fourth-order valence-corrected chi connectivity index (χ4v) is 2.43. The van der Waals surface area contributed by atoms with Crippen LogP contribution >= 0.6 is 11.6 Å². The third-order valence-corrected chi connectivity index (χ3v) is 3.86. The number of para-hydroxylation sites is 1. The van der Waals surface area contributed by atoms with Gasteiger partial charge >= 0.3 is 0 Å². The number of hydrogen-bond acceptors (Lipinski definition) is 4. The quantitative estimate of drug-likeness (QED) is 0.340. The molecule has 0 bridgehead atoms. The number of carbonyl (C=O) groups is 1. The Morgan fingerprint density at radius 2 is 2.09 bits per heavy atom. The van der Waals surface area contributed by atoms with Crippen LogP contribution in [0.15, 0.2) is 29.3 Å². The molecule has 6 nitrogen and oxygen atoms in total.